The van der Waals surface area contributed by atoms with Gasteiger partial charge in [0.25, 0.3) is 5.91 Å². The van der Waals surface area contributed by atoms with Crippen molar-refractivity contribution in [3.05, 3.63) is 48.2 Å². The van der Waals surface area contributed by atoms with E-state index in [4.69, 9.17) is 4.74 Å². The highest BCUT2D eigenvalue weighted by atomic mass is 32.2. The quantitative estimate of drug-likeness (QED) is 0.699. The van der Waals surface area contributed by atoms with E-state index in [1.165, 1.54) is 0 Å². The average Bonchev–Trinajstić information content (AvgIpc) is 3.11. The molecular formula is C21H27N3O4S. The molecule has 156 valence electrons. The summed E-state index contributed by atoms with van der Waals surface area (Å²) in [5.41, 5.74) is 1.20. The van der Waals surface area contributed by atoms with Crippen molar-refractivity contribution >= 4 is 27.1 Å². The van der Waals surface area contributed by atoms with Crippen LogP contribution in [0, 0.1) is 5.92 Å². The van der Waals surface area contributed by atoms with E-state index in [0.29, 0.717) is 36.6 Å². The largest absolute Gasteiger partial charge is 0.381 e. The Morgan fingerprint density at radius 2 is 1.93 bits per heavy atom. The van der Waals surface area contributed by atoms with Crippen LogP contribution >= 0.6 is 0 Å². The van der Waals surface area contributed by atoms with Gasteiger partial charge in [-0.25, -0.2) is 8.42 Å². The second-order valence-corrected chi connectivity index (χ2v) is 9.31. The zero-order chi connectivity index (χ0) is 20.9. The summed E-state index contributed by atoms with van der Waals surface area (Å²) in [4.78, 5) is 13.3. The van der Waals surface area contributed by atoms with Gasteiger partial charge in [0.1, 0.15) is 0 Å². The summed E-state index contributed by atoms with van der Waals surface area (Å²) < 4.78 is 31.6. The van der Waals surface area contributed by atoms with Gasteiger partial charge >= 0.3 is 0 Å². The zero-order valence-corrected chi connectivity index (χ0v) is 17.6. The Labute approximate surface area is 171 Å². The number of allylic oxidation sites excluding steroid dienone is 1. The van der Waals surface area contributed by atoms with Crippen LogP contribution in [0.2, 0.25) is 0 Å². The van der Waals surface area contributed by atoms with Crippen LogP contribution in [0.15, 0.2) is 47.5 Å². The van der Waals surface area contributed by atoms with Crippen molar-refractivity contribution in [1.82, 2.24) is 9.78 Å². The van der Waals surface area contributed by atoms with Gasteiger partial charge in [0.15, 0.2) is 15.7 Å². The van der Waals surface area contributed by atoms with Crippen LogP contribution in [-0.2, 0) is 26.4 Å². The summed E-state index contributed by atoms with van der Waals surface area (Å²) in [6.07, 6.45) is 5.99. The van der Waals surface area contributed by atoms with E-state index in [1.54, 1.807) is 48.3 Å². The van der Waals surface area contributed by atoms with Crippen LogP contribution in [0.25, 0.3) is 5.57 Å². The first-order valence-corrected chi connectivity index (χ1v) is 11.5. The number of rotatable bonds is 7. The second kappa shape index (κ2) is 9.37. The number of sulfone groups is 1. The highest BCUT2D eigenvalue weighted by molar-refractivity contribution is 7.91. The minimum Gasteiger partial charge on any atom is -0.381 e. The van der Waals surface area contributed by atoms with Crippen LogP contribution in [0.4, 0.5) is 5.82 Å². The third-order valence-corrected chi connectivity index (χ3v) is 6.80. The van der Waals surface area contributed by atoms with E-state index in [1.807, 2.05) is 13.0 Å². The van der Waals surface area contributed by atoms with Crippen LogP contribution in [0.3, 0.4) is 0 Å². The second-order valence-electron chi connectivity index (χ2n) is 7.20. The first-order chi connectivity index (χ1) is 13.9. The first-order valence-electron chi connectivity index (χ1n) is 9.83. The molecule has 1 saturated heterocycles. The molecule has 8 heteroatoms. The Kier molecular flexibility index (Phi) is 6.87. The number of carbonyl (C=O) groups excluding carboxylic acids is 1. The highest BCUT2D eigenvalue weighted by Gasteiger charge is 2.20. The topological polar surface area (TPSA) is 90.3 Å². The van der Waals surface area contributed by atoms with E-state index in [9.17, 15) is 13.2 Å². The Morgan fingerprint density at radius 1 is 1.24 bits per heavy atom. The van der Waals surface area contributed by atoms with Crippen LogP contribution < -0.4 is 5.32 Å². The minimum atomic E-state index is -3.30. The van der Waals surface area contributed by atoms with Gasteiger partial charge in [-0.05, 0) is 42.9 Å². The molecule has 0 aliphatic carbocycles. The number of benzene rings is 1. The molecule has 0 spiro atoms. The van der Waals surface area contributed by atoms with Crippen LogP contribution in [0.5, 0.6) is 0 Å². The number of nitrogens with zero attached hydrogens (tertiary/aromatic N) is 2. The van der Waals surface area contributed by atoms with Gasteiger partial charge in [0, 0.05) is 38.1 Å². The first kappa shape index (κ1) is 21.3. The SMILES string of the molecule is CCCS(=O)(=O)c1ccc(C(=CC2CCOCC2)C(=O)Nc2ccn(C)n2)cc1. The summed E-state index contributed by atoms with van der Waals surface area (Å²) in [6, 6.07) is 8.28. The molecule has 1 fully saturated rings. The molecule has 2 aromatic rings. The van der Waals surface area contributed by atoms with Crippen LogP contribution in [-0.4, -0.2) is 43.1 Å². The Balaban J connectivity index is 1.89. The molecular weight excluding hydrogens is 390 g/mol. The lowest BCUT2D eigenvalue weighted by molar-refractivity contribution is -0.111. The molecule has 1 N–H and O–H groups in total. The third-order valence-electron chi connectivity index (χ3n) is 4.87. The monoisotopic (exact) mass is 417 g/mol. The predicted octanol–water partition coefficient (Wildman–Crippen LogP) is 3.05. The molecule has 7 nitrogen and oxygen atoms in total. The molecule has 0 unspecified atom stereocenters. The summed E-state index contributed by atoms with van der Waals surface area (Å²) in [5.74, 6) is 0.547. The summed E-state index contributed by atoms with van der Waals surface area (Å²) in [6.45, 7) is 3.18. The van der Waals surface area contributed by atoms with E-state index in [-0.39, 0.29) is 22.5 Å². The molecule has 1 aromatic carbocycles. The van der Waals surface area contributed by atoms with Gasteiger partial charge in [0.2, 0.25) is 0 Å². The van der Waals surface area contributed by atoms with Gasteiger partial charge in [-0.2, -0.15) is 5.10 Å². The Bertz CT molecular complexity index is 972. The molecule has 0 radical (unpaired) electrons. The number of anilines is 1. The number of hydrogen-bond donors (Lipinski definition) is 1. The molecule has 1 aliphatic heterocycles. The maximum absolute atomic E-state index is 13.0. The fraction of sp³-hybridized carbons (Fsp3) is 0.429. The minimum absolute atomic E-state index is 0.108. The smallest absolute Gasteiger partial charge is 0.257 e. The molecule has 0 atom stereocenters. The number of amides is 1. The maximum Gasteiger partial charge on any atom is 0.257 e. The number of carbonyl (C=O) groups is 1. The van der Waals surface area contributed by atoms with Crippen molar-refractivity contribution in [1.29, 1.82) is 0 Å². The summed E-state index contributed by atoms with van der Waals surface area (Å²) in [7, 11) is -1.51. The maximum atomic E-state index is 13.0. The molecule has 1 amide bonds. The number of aromatic nitrogens is 2. The lowest BCUT2D eigenvalue weighted by Crippen LogP contribution is -2.18. The molecule has 2 heterocycles. The normalized spacial score (nSPS) is 16.0. The summed E-state index contributed by atoms with van der Waals surface area (Å²) >= 11 is 0. The van der Waals surface area contributed by atoms with Crippen molar-refractivity contribution < 1.29 is 17.9 Å². The predicted molar refractivity (Wildman–Crippen MR) is 112 cm³/mol. The fourth-order valence-electron chi connectivity index (χ4n) is 3.31. The number of hydrogen-bond acceptors (Lipinski definition) is 5. The fourth-order valence-corrected chi connectivity index (χ4v) is 4.64. The molecule has 3 rings (SSSR count). The number of aryl methyl sites for hydroxylation is 1. The van der Waals surface area contributed by atoms with Gasteiger partial charge in [-0.1, -0.05) is 25.1 Å². The van der Waals surface area contributed by atoms with E-state index in [2.05, 4.69) is 10.4 Å². The van der Waals surface area contributed by atoms with E-state index < -0.39 is 9.84 Å². The van der Waals surface area contributed by atoms with Gasteiger partial charge < -0.3 is 10.1 Å². The van der Waals surface area contributed by atoms with Crippen molar-refractivity contribution in [2.75, 3.05) is 24.3 Å². The standard InChI is InChI=1S/C21H27N3O4S/c1-3-14-29(26,27)18-6-4-17(5-7-18)19(15-16-9-12-28-13-10-16)21(25)22-20-8-11-24(2)23-20/h4-8,11,15-16H,3,9-10,12-14H2,1-2H3,(H,22,23,25). The van der Waals surface area contributed by atoms with Crippen molar-refractivity contribution in [3.63, 3.8) is 0 Å². The molecule has 0 bridgehead atoms. The van der Waals surface area contributed by atoms with Crippen molar-refractivity contribution in [3.8, 4) is 0 Å². The van der Waals surface area contributed by atoms with E-state index in [0.717, 1.165) is 12.8 Å². The number of ether oxygens (including phenoxy) is 1. The molecule has 0 saturated carbocycles. The lowest BCUT2D eigenvalue weighted by atomic mass is 9.94. The van der Waals surface area contributed by atoms with Crippen molar-refractivity contribution in [2.24, 2.45) is 13.0 Å². The molecule has 29 heavy (non-hydrogen) atoms. The molecule has 1 aliphatic rings. The van der Waals surface area contributed by atoms with E-state index >= 15 is 0 Å². The zero-order valence-electron chi connectivity index (χ0n) is 16.8. The molecule has 1 aromatic heterocycles. The Hall–Kier alpha value is -2.45. The lowest BCUT2D eigenvalue weighted by Gasteiger charge is -2.20. The van der Waals surface area contributed by atoms with Gasteiger partial charge in [-0.3, -0.25) is 9.48 Å². The highest BCUT2D eigenvalue weighted by Crippen LogP contribution is 2.25. The summed E-state index contributed by atoms with van der Waals surface area (Å²) in [5, 5.41) is 7.03. The van der Waals surface area contributed by atoms with Gasteiger partial charge in [-0.15, -0.1) is 0 Å². The number of nitrogens with one attached hydrogen (secondary N) is 1. The van der Waals surface area contributed by atoms with Crippen molar-refractivity contribution in [2.45, 2.75) is 31.1 Å². The Morgan fingerprint density at radius 3 is 2.52 bits per heavy atom. The van der Waals surface area contributed by atoms with Gasteiger partial charge in [0.05, 0.1) is 10.6 Å². The van der Waals surface area contributed by atoms with Crippen LogP contribution in [0.1, 0.15) is 31.7 Å². The average molecular weight is 418 g/mol. The third kappa shape index (κ3) is 5.55.